The summed E-state index contributed by atoms with van der Waals surface area (Å²) in [6.07, 6.45) is 1.72. The summed E-state index contributed by atoms with van der Waals surface area (Å²) >= 11 is 6.20. The molecule has 0 aromatic heterocycles. The molecule has 0 aliphatic carbocycles. The lowest BCUT2D eigenvalue weighted by Gasteiger charge is -2.13. The Morgan fingerprint density at radius 2 is 2.09 bits per heavy atom. The van der Waals surface area contributed by atoms with Crippen LogP contribution in [0.3, 0.4) is 0 Å². The van der Waals surface area contributed by atoms with Crippen LogP contribution in [0.15, 0.2) is 23.1 Å². The molecule has 0 atom stereocenters. The Labute approximate surface area is 136 Å². The number of phenolic OH excluding ortho intramolecular Hbond substituents is 2. The van der Waals surface area contributed by atoms with Gasteiger partial charge >= 0.3 is 5.97 Å². The number of phenols is 2. The van der Waals surface area contributed by atoms with E-state index in [1.165, 1.54) is 17.0 Å². The lowest BCUT2D eigenvalue weighted by molar-refractivity contribution is -0.137. The van der Waals surface area contributed by atoms with Gasteiger partial charge in [0.25, 0.3) is 5.91 Å². The number of para-hydroxylation sites is 1. The molecule has 1 aromatic rings. The summed E-state index contributed by atoms with van der Waals surface area (Å²) in [7, 11) is 0. The molecule has 2 rings (SSSR count). The van der Waals surface area contributed by atoms with Crippen LogP contribution in [0, 0.1) is 0 Å². The fraction of sp³-hybridized carbons (Fsp3) is 0.214. The maximum atomic E-state index is 12.2. The van der Waals surface area contributed by atoms with Gasteiger partial charge < -0.3 is 15.3 Å². The predicted octanol–water partition coefficient (Wildman–Crippen LogP) is 2.16. The van der Waals surface area contributed by atoms with Crippen LogP contribution in [0.25, 0.3) is 6.08 Å². The molecular formula is C14H13NO5S2. The number of amides is 1. The summed E-state index contributed by atoms with van der Waals surface area (Å²) in [6, 6.07) is 4.45. The van der Waals surface area contributed by atoms with Crippen molar-refractivity contribution in [1.29, 1.82) is 0 Å². The standard InChI is InChI=1S/C14H13NO5S2/c16-9-4-1-3-8(12(9)19)7-10-13(20)15(14(21)22-10)6-2-5-11(17)18/h1,3-4,7,16,19H,2,5-6H2,(H,17,18)/b10-7-. The highest BCUT2D eigenvalue weighted by atomic mass is 32.2. The molecule has 0 spiro atoms. The molecule has 1 aliphatic rings. The lowest BCUT2D eigenvalue weighted by atomic mass is 10.1. The van der Waals surface area contributed by atoms with E-state index in [1.54, 1.807) is 12.1 Å². The molecule has 8 heteroatoms. The van der Waals surface area contributed by atoms with Crippen molar-refractivity contribution in [3.05, 3.63) is 28.7 Å². The lowest BCUT2D eigenvalue weighted by Crippen LogP contribution is -2.29. The summed E-state index contributed by atoms with van der Waals surface area (Å²) in [5.74, 6) is -1.84. The fourth-order valence-electron chi connectivity index (χ4n) is 1.89. The molecule has 1 fully saturated rings. The molecule has 1 aromatic carbocycles. The minimum absolute atomic E-state index is 0.0382. The molecule has 116 valence electrons. The Balaban J connectivity index is 2.15. The van der Waals surface area contributed by atoms with Gasteiger partial charge in [0.15, 0.2) is 11.5 Å². The van der Waals surface area contributed by atoms with E-state index in [9.17, 15) is 19.8 Å². The molecule has 6 nitrogen and oxygen atoms in total. The maximum Gasteiger partial charge on any atom is 0.303 e. The Hall–Kier alpha value is -2.06. The van der Waals surface area contributed by atoms with Gasteiger partial charge in [0.1, 0.15) is 4.32 Å². The van der Waals surface area contributed by atoms with Gasteiger partial charge in [-0.1, -0.05) is 36.1 Å². The number of rotatable bonds is 5. The number of thiocarbonyl (C=S) groups is 1. The SMILES string of the molecule is O=C(O)CCCN1C(=O)/C(=C/c2cccc(O)c2O)SC1=S. The van der Waals surface area contributed by atoms with E-state index in [0.717, 1.165) is 11.8 Å². The largest absolute Gasteiger partial charge is 0.504 e. The monoisotopic (exact) mass is 339 g/mol. The Bertz CT molecular complexity index is 671. The molecule has 0 unspecified atom stereocenters. The van der Waals surface area contributed by atoms with E-state index in [-0.39, 0.29) is 30.4 Å². The van der Waals surface area contributed by atoms with E-state index in [4.69, 9.17) is 17.3 Å². The Kier molecular flexibility index (Phi) is 5.04. The number of carbonyl (C=O) groups is 2. The van der Waals surface area contributed by atoms with Crippen LogP contribution in [0.5, 0.6) is 11.5 Å². The first kappa shape index (κ1) is 16.3. The van der Waals surface area contributed by atoms with Gasteiger partial charge in [-0.25, -0.2) is 0 Å². The van der Waals surface area contributed by atoms with Crippen LogP contribution in [0.4, 0.5) is 0 Å². The van der Waals surface area contributed by atoms with Crippen molar-refractivity contribution in [3.8, 4) is 11.5 Å². The van der Waals surface area contributed by atoms with Gasteiger partial charge in [-0.15, -0.1) is 0 Å². The molecule has 0 saturated carbocycles. The molecule has 1 aliphatic heterocycles. The molecule has 22 heavy (non-hydrogen) atoms. The van der Waals surface area contributed by atoms with E-state index >= 15 is 0 Å². The van der Waals surface area contributed by atoms with Crippen molar-refractivity contribution in [3.63, 3.8) is 0 Å². The first-order valence-electron chi connectivity index (χ1n) is 6.38. The second-order valence-electron chi connectivity index (χ2n) is 4.55. The minimum Gasteiger partial charge on any atom is -0.504 e. The average molecular weight is 339 g/mol. The third-order valence-electron chi connectivity index (χ3n) is 2.98. The van der Waals surface area contributed by atoms with Crippen LogP contribution in [-0.2, 0) is 9.59 Å². The number of thioether (sulfide) groups is 1. The summed E-state index contributed by atoms with van der Waals surface area (Å²) < 4.78 is 0.348. The molecular weight excluding hydrogens is 326 g/mol. The van der Waals surface area contributed by atoms with Crippen LogP contribution in [0.2, 0.25) is 0 Å². The quantitative estimate of drug-likeness (QED) is 0.429. The van der Waals surface area contributed by atoms with Crippen LogP contribution >= 0.6 is 24.0 Å². The highest BCUT2D eigenvalue weighted by Crippen LogP contribution is 2.36. The van der Waals surface area contributed by atoms with Crippen molar-refractivity contribution in [2.75, 3.05) is 6.54 Å². The number of aliphatic carboxylic acids is 1. The van der Waals surface area contributed by atoms with Crippen molar-refractivity contribution >= 4 is 46.3 Å². The third kappa shape index (κ3) is 3.58. The van der Waals surface area contributed by atoms with Crippen molar-refractivity contribution in [1.82, 2.24) is 4.90 Å². The highest BCUT2D eigenvalue weighted by molar-refractivity contribution is 8.26. The zero-order valence-corrected chi connectivity index (χ0v) is 13.0. The number of carboxylic acid groups (broad SMARTS) is 1. The van der Waals surface area contributed by atoms with Crippen LogP contribution in [0.1, 0.15) is 18.4 Å². The fourth-order valence-corrected chi connectivity index (χ4v) is 3.19. The van der Waals surface area contributed by atoms with Gasteiger partial charge in [0.2, 0.25) is 0 Å². The molecule has 1 heterocycles. The van der Waals surface area contributed by atoms with Crippen molar-refractivity contribution in [2.24, 2.45) is 0 Å². The van der Waals surface area contributed by atoms with Gasteiger partial charge in [0.05, 0.1) is 4.91 Å². The Morgan fingerprint density at radius 3 is 2.77 bits per heavy atom. The van der Waals surface area contributed by atoms with Gasteiger partial charge in [-0.05, 0) is 18.6 Å². The van der Waals surface area contributed by atoms with E-state index in [1.807, 2.05) is 0 Å². The number of carboxylic acids is 1. The first-order valence-corrected chi connectivity index (χ1v) is 7.60. The molecule has 1 amide bonds. The topological polar surface area (TPSA) is 98.1 Å². The van der Waals surface area contributed by atoms with Gasteiger partial charge in [-0.3, -0.25) is 14.5 Å². The summed E-state index contributed by atoms with van der Waals surface area (Å²) in [5.41, 5.74) is 0.311. The number of aromatic hydroxyl groups is 2. The highest BCUT2D eigenvalue weighted by Gasteiger charge is 2.31. The van der Waals surface area contributed by atoms with E-state index in [2.05, 4.69) is 0 Å². The zero-order chi connectivity index (χ0) is 16.3. The summed E-state index contributed by atoms with van der Waals surface area (Å²) in [6.45, 7) is 0.236. The zero-order valence-electron chi connectivity index (χ0n) is 11.4. The normalized spacial score (nSPS) is 16.5. The number of hydrogen-bond donors (Lipinski definition) is 3. The number of hydrogen-bond acceptors (Lipinski definition) is 6. The smallest absolute Gasteiger partial charge is 0.303 e. The molecule has 0 bridgehead atoms. The summed E-state index contributed by atoms with van der Waals surface area (Å²) in [5, 5.41) is 27.8. The Morgan fingerprint density at radius 1 is 1.36 bits per heavy atom. The molecule has 0 radical (unpaired) electrons. The number of carbonyl (C=O) groups excluding carboxylic acids is 1. The number of nitrogens with zero attached hydrogens (tertiary/aromatic N) is 1. The van der Waals surface area contributed by atoms with Crippen LogP contribution in [-0.4, -0.2) is 43.0 Å². The van der Waals surface area contributed by atoms with E-state index in [0.29, 0.717) is 21.2 Å². The molecule has 3 N–H and O–H groups in total. The van der Waals surface area contributed by atoms with Gasteiger partial charge in [0, 0.05) is 18.5 Å². The van der Waals surface area contributed by atoms with Crippen molar-refractivity contribution in [2.45, 2.75) is 12.8 Å². The van der Waals surface area contributed by atoms with Crippen molar-refractivity contribution < 1.29 is 24.9 Å². The molecule has 1 saturated heterocycles. The average Bonchev–Trinajstić information content (AvgIpc) is 2.71. The van der Waals surface area contributed by atoms with E-state index < -0.39 is 5.97 Å². The van der Waals surface area contributed by atoms with Crippen LogP contribution < -0.4 is 0 Å². The number of benzene rings is 1. The predicted molar refractivity (Wildman–Crippen MR) is 86.5 cm³/mol. The summed E-state index contributed by atoms with van der Waals surface area (Å²) in [4.78, 5) is 24.4. The van der Waals surface area contributed by atoms with Gasteiger partial charge in [-0.2, -0.15) is 0 Å². The first-order chi connectivity index (χ1) is 10.4. The third-order valence-corrected chi connectivity index (χ3v) is 4.36. The second-order valence-corrected chi connectivity index (χ2v) is 6.22. The minimum atomic E-state index is -0.925. The maximum absolute atomic E-state index is 12.2. The second kappa shape index (κ2) is 6.80.